The summed E-state index contributed by atoms with van der Waals surface area (Å²) in [6, 6.07) is -0.829. The molecule has 14 heteroatoms. The van der Waals surface area contributed by atoms with Crippen LogP contribution in [0.2, 0.25) is 0 Å². The van der Waals surface area contributed by atoms with Gasteiger partial charge in [-0.25, -0.2) is 0 Å². The molecule has 0 radical (unpaired) electrons. The lowest BCUT2D eigenvalue weighted by Gasteiger charge is -2.46. The summed E-state index contributed by atoms with van der Waals surface area (Å²) in [6.07, 6.45) is 50.7. The highest BCUT2D eigenvalue weighted by Gasteiger charge is 2.51. The Bertz CT molecular complexity index is 1620. The third kappa shape index (κ3) is 35.5. The van der Waals surface area contributed by atoms with E-state index in [0.29, 0.717) is 12.8 Å². The summed E-state index contributed by atoms with van der Waals surface area (Å²) in [5.41, 5.74) is 0. The molecule has 2 heterocycles. The van der Waals surface area contributed by atoms with E-state index in [2.05, 4.69) is 92.1 Å². The zero-order valence-electron chi connectivity index (χ0n) is 50.1. The van der Waals surface area contributed by atoms with E-state index >= 15 is 0 Å². The molecule has 2 aliphatic rings. The van der Waals surface area contributed by atoms with E-state index in [-0.39, 0.29) is 12.5 Å². The normalized spacial score (nSPS) is 24.7. The molecule has 12 atom stereocenters. The minimum absolute atomic E-state index is 0.209. The molecule has 464 valence electrons. The molecule has 0 bridgehead atoms. The minimum atomic E-state index is -1.78. The van der Waals surface area contributed by atoms with Crippen molar-refractivity contribution < 1.29 is 64.6 Å². The Morgan fingerprint density at radius 2 is 0.863 bits per heavy atom. The molecule has 9 N–H and O–H groups in total. The maximum Gasteiger partial charge on any atom is 0.220 e. The van der Waals surface area contributed by atoms with Crippen LogP contribution in [0.15, 0.2) is 72.9 Å². The highest BCUT2D eigenvalue weighted by atomic mass is 16.7. The van der Waals surface area contributed by atoms with E-state index in [0.717, 1.165) is 89.9 Å². The highest BCUT2D eigenvalue weighted by Crippen LogP contribution is 2.30. The lowest BCUT2D eigenvalue weighted by atomic mass is 9.97. The number of hydrogen-bond donors (Lipinski definition) is 9. The fourth-order valence-electron chi connectivity index (χ4n) is 10.3. The van der Waals surface area contributed by atoms with Crippen LogP contribution < -0.4 is 5.32 Å². The van der Waals surface area contributed by atoms with Crippen LogP contribution in [0.25, 0.3) is 0 Å². The van der Waals surface area contributed by atoms with Gasteiger partial charge in [-0.3, -0.25) is 4.79 Å². The first kappa shape index (κ1) is 73.5. The molecular formula is C66H117NO13. The SMILES string of the molecule is CC/C=C\C/C=C\C/C=C\C/C=C\C/C=C\C/C=C\CCCCCCCCCCCCCCCCCCC(=O)NC(COC1OC(CO)C(OC2OC(CO)C(O)C(O)C2O)C(O)C1O)C(O)CCCCCCCCCCCCC. The second-order valence-electron chi connectivity index (χ2n) is 22.5. The van der Waals surface area contributed by atoms with E-state index in [4.69, 9.17) is 18.9 Å². The number of unbranched alkanes of at least 4 members (excludes halogenated alkanes) is 26. The second kappa shape index (κ2) is 50.9. The van der Waals surface area contributed by atoms with E-state index in [1.54, 1.807) is 0 Å². The standard InChI is InChI=1S/C66H117NO13/c1-3-5-7-9-11-13-15-16-17-18-19-20-21-22-23-24-25-26-27-28-29-30-31-32-33-34-35-36-37-38-40-42-44-46-48-50-58(71)67-54(55(70)49-47-45-43-41-39-14-12-10-8-6-4-2)53-77-65-63(76)61(74)64(57(52-69)79-65)80-66-62(75)60(73)59(72)56(51-68)78-66/h5,7,11,13,16-17,19-20,22-23,25-26,54-57,59-66,68-70,72-76H,3-4,6,8-10,12,14-15,18,21,24,27-53H2,1-2H3,(H,67,71)/b7-5-,13-11-,17-16-,20-19-,23-22-,26-25-. The number of rotatable bonds is 51. The van der Waals surface area contributed by atoms with Gasteiger partial charge in [-0.1, -0.05) is 247 Å². The largest absolute Gasteiger partial charge is 0.394 e. The van der Waals surface area contributed by atoms with Crippen LogP contribution in [0.4, 0.5) is 0 Å². The summed E-state index contributed by atoms with van der Waals surface area (Å²) >= 11 is 0. The molecule has 0 aliphatic carbocycles. The van der Waals surface area contributed by atoms with Crippen LogP contribution >= 0.6 is 0 Å². The zero-order valence-corrected chi connectivity index (χ0v) is 50.1. The average molecular weight is 1130 g/mol. The number of amides is 1. The predicted molar refractivity (Wildman–Crippen MR) is 323 cm³/mol. The fraction of sp³-hybridized carbons (Fsp3) is 0.803. The number of aliphatic hydroxyl groups is 8. The fourth-order valence-corrected chi connectivity index (χ4v) is 10.3. The van der Waals surface area contributed by atoms with Crippen LogP contribution in [0, 0.1) is 0 Å². The van der Waals surface area contributed by atoms with Crippen LogP contribution in [-0.2, 0) is 23.7 Å². The Balaban J connectivity index is 1.60. The van der Waals surface area contributed by atoms with Crippen molar-refractivity contribution in [3.8, 4) is 0 Å². The predicted octanol–water partition coefficient (Wildman–Crippen LogP) is 11.9. The van der Waals surface area contributed by atoms with Gasteiger partial charge in [0.15, 0.2) is 12.6 Å². The Hall–Kier alpha value is -2.57. The van der Waals surface area contributed by atoms with Crippen LogP contribution in [0.5, 0.6) is 0 Å². The van der Waals surface area contributed by atoms with E-state index < -0.39 is 86.8 Å². The van der Waals surface area contributed by atoms with Crippen LogP contribution in [0.1, 0.15) is 245 Å². The molecule has 2 fully saturated rings. The van der Waals surface area contributed by atoms with Crippen molar-refractivity contribution in [2.24, 2.45) is 0 Å². The van der Waals surface area contributed by atoms with Crippen LogP contribution in [0.3, 0.4) is 0 Å². The lowest BCUT2D eigenvalue weighted by Crippen LogP contribution is -2.65. The first-order valence-corrected chi connectivity index (χ1v) is 32.2. The quantitative estimate of drug-likeness (QED) is 0.0204. The van der Waals surface area contributed by atoms with Crippen LogP contribution in [-0.4, -0.2) is 140 Å². The molecule has 0 aromatic rings. The summed E-state index contributed by atoms with van der Waals surface area (Å²) in [4.78, 5) is 13.3. The number of hydrogen-bond acceptors (Lipinski definition) is 13. The zero-order chi connectivity index (χ0) is 58.1. The van der Waals surface area contributed by atoms with Crippen molar-refractivity contribution in [2.45, 2.75) is 319 Å². The minimum Gasteiger partial charge on any atom is -0.394 e. The molecule has 12 unspecified atom stereocenters. The number of nitrogens with one attached hydrogen (secondary N) is 1. The van der Waals surface area contributed by atoms with Gasteiger partial charge < -0.3 is 65.1 Å². The topological polar surface area (TPSA) is 228 Å². The molecule has 0 aromatic heterocycles. The third-order valence-electron chi connectivity index (χ3n) is 15.4. The summed E-state index contributed by atoms with van der Waals surface area (Å²) in [5.74, 6) is -0.209. The maximum atomic E-state index is 13.3. The number of ether oxygens (including phenoxy) is 4. The van der Waals surface area contributed by atoms with E-state index in [9.17, 15) is 45.6 Å². The molecule has 0 spiro atoms. The van der Waals surface area contributed by atoms with Crippen molar-refractivity contribution in [3.63, 3.8) is 0 Å². The van der Waals surface area contributed by atoms with E-state index in [1.165, 1.54) is 128 Å². The highest BCUT2D eigenvalue weighted by molar-refractivity contribution is 5.76. The van der Waals surface area contributed by atoms with Gasteiger partial charge in [0.1, 0.15) is 48.8 Å². The molecule has 2 aliphatic heterocycles. The molecule has 2 saturated heterocycles. The molecule has 14 nitrogen and oxygen atoms in total. The first-order chi connectivity index (χ1) is 39.1. The van der Waals surface area contributed by atoms with Crippen molar-refractivity contribution in [3.05, 3.63) is 72.9 Å². The van der Waals surface area contributed by atoms with Gasteiger partial charge in [0.25, 0.3) is 0 Å². The molecule has 2 rings (SSSR count). The summed E-state index contributed by atoms with van der Waals surface area (Å²) in [5, 5.41) is 87.2. The maximum absolute atomic E-state index is 13.3. The summed E-state index contributed by atoms with van der Waals surface area (Å²) in [7, 11) is 0. The van der Waals surface area contributed by atoms with Gasteiger partial charge in [-0.05, 0) is 64.2 Å². The molecule has 1 amide bonds. The monoisotopic (exact) mass is 1130 g/mol. The smallest absolute Gasteiger partial charge is 0.220 e. The third-order valence-corrected chi connectivity index (χ3v) is 15.4. The van der Waals surface area contributed by atoms with Gasteiger partial charge >= 0.3 is 0 Å². The van der Waals surface area contributed by atoms with Crippen molar-refractivity contribution in [1.82, 2.24) is 5.32 Å². The van der Waals surface area contributed by atoms with Gasteiger partial charge in [0, 0.05) is 6.42 Å². The molecule has 0 saturated carbocycles. The van der Waals surface area contributed by atoms with Gasteiger partial charge in [0.05, 0.1) is 32.0 Å². The average Bonchev–Trinajstić information content (AvgIpc) is 3.46. The second-order valence-corrected chi connectivity index (χ2v) is 22.5. The van der Waals surface area contributed by atoms with Gasteiger partial charge in [-0.2, -0.15) is 0 Å². The molecule has 80 heavy (non-hydrogen) atoms. The van der Waals surface area contributed by atoms with Crippen molar-refractivity contribution in [2.75, 3.05) is 19.8 Å². The summed E-state index contributed by atoms with van der Waals surface area (Å²) in [6.45, 7) is 2.73. The Morgan fingerprint density at radius 3 is 1.32 bits per heavy atom. The van der Waals surface area contributed by atoms with Crippen molar-refractivity contribution >= 4 is 5.91 Å². The molecule has 0 aromatic carbocycles. The molecular weight excluding hydrogens is 1010 g/mol. The Labute approximate surface area is 485 Å². The van der Waals surface area contributed by atoms with E-state index in [1.807, 2.05) is 0 Å². The lowest BCUT2D eigenvalue weighted by molar-refractivity contribution is -0.359. The first-order valence-electron chi connectivity index (χ1n) is 32.2. The number of aliphatic hydroxyl groups excluding tert-OH is 8. The number of carbonyl (C=O) groups excluding carboxylic acids is 1. The van der Waals surface area contributed by atoms with Crippen molar-refractivity contribution in [1.29, 1.82) is 0 Å². The number of carbonyl (C=O) groups is 1. The van der Waals surface area contributed by atoms with Gasteiger partial charge in [0.2, 0.25) is 5.91 Å². The van der Waals surface area contributed by atoms with Gasteiger partial charge in [-0.15, -0.1) is 0 Å². The Kier molecular flexibility index (Phi) is 46.8. The Morgan fingerprint density at radius 1 is 0.463 bits per heavy atom. The summed E-state index contributed by atoms with van der Waals surface area (Å²) < 4.78 is 22.8. The number of allylic oxidation sites excluding steroid dienone is 12.